The third-order valence-electron chi connectivity index (χ3n) is 7.15. The van der Waals surface area contributed by atoms with E-state index in [1.54, 1.807) is 30.9 Å². The number of nitrogens with zero attached hydrogens (tertiary/aromatic N) is 2. The molecule has 1 unspecified atom stereocenters. The molecular weight excluding hydrogens is 476 g/mol. The summed E-state index contributed by atoms with van der Waals surface area (Å²) in [6.07, 6.45) is 2.17. The second-order valence-electron chi connectivity index (χ2n) is 9.69. The number of ether oxygens (including phenoxy) is 1. The van der Waals surface area contributed by atoms with Crippen molar-refractivity contribution >= 4 is 29.4 Å². The van der Waals surface area contributed by atoms with Crippen LogP contribution in [0.15, 0.2) is 59.8 Å². The van der Waals surface area contributed by atoms with Gasteiger partial charge in [-0.1, -0.05) is 42.8 Å². The number of carbonyl (C=O) groups is 3. The zero-order chi connectivity index (χ0) is 25.8. The van der Waals surface area contributed by atoms with Crippen molar-refractivity contribution in [2.45, 2.75) is 52.5 Å². The lowest BCUT2D eigenvalue weighted by molar-refractivity contribution is -0.140. The largest absolute Gasteiger partial charge is 0.463 e. The first kappa shape index (κ1) is 26.0. The van der Waals surface area contributed by atoms with E-state index in [1.165, 1.54) is 0 Å². The van der Waals surface area contributed by atoms with Crippen LogP contribution in [0.25, 0.3) is 0 Å². The van der Waals surface area contributed by atoms with E-state index in [2.05, 4.69) is 6.92 Å². The zero-order valence-electron chi connectivity index (χ0n) is 21.1. The molecule has 2 aromatic rings. The lowest BCUT2D eigenvalue weighted by Crippen LogP contribution is -2.38. The van der Waals surface area contributed by atoms with Gasteiger partial charge in [-0.15, -0.1) is 0 Å². The van der Waals surface area contributed by atoms with E-state index in [4.69, 9.17) is 16.3 Å². The molecular formula is C29H33ClN2O4. The number of amides is 2. The van der Waals surface area contributed by atoms with Gasteiger partial charge in [0.05, 0.1) is 18.7 Å². The van der Waals surface area contributed by atoms with Gasteiger partial charge in [-0.3, -0.25) is 9.59 Å². The van der Waals surface area contributed by atoms with Gasteiger partial charge in [0.2, 0.25) is 5.91 Å². The molecule has 36 heavy (non-hydrogen) atoms. The van der Waals surface area contributed by atoms with E-state index in [-0.39, 0.29) is 31.4 Å². The Balaban J connectivity index is 1.62. The monoisotopic (exact) mass is 508 g/mol. The molecule has 2 aliphatic rings. The minimum absolute atomic E-state index is 0.0224. The highest BCUT2D eigenvalue weighted by Gasteiger charge is 2.37. The van der Waals surface area contributed by atoms with Crippen LogP contribution in [0.4, 0.5) is 0 Å². The third-order valence-corrected chi connectivity index (χ3v) is 7.39. The Morgan fingerprint density at radius 3 is 2.50 bits per heavy atom. The predicted molar refractivity (Wildman–Crippen MR) is 139 cm³/mol. The molecule has 1 atom stereocenters. The molecule has 0 spiro atoms. The molecule has 7 heteroatoms. The molecule has 0 saturated carbocycles. The average molecular weight is 509 g/mol. The summed E-state index contributed by atoms with van der Waals surface area (Å²) in [5, 5.41) is 0.549. The van der Waals surface area contributed by atoms with Gasteiger partial charge >= 0.3 is 5.97 Å². The molecule has 0 aliphatic carbocycles. The highest BCUT2D eigenvalue weighted by molar-refractivity contribution is 6.30. The number of allylic oxidation sites excluding steroid dienone is 1. The Bertz CT molecular complexity index is 1180. The van der Waals surface area contributed by atoms with Crippen molar-refractivity contribution in [1.82, 2.24) is 9.80 Å². The Morgan fingerprint density at radius 1 is 1.08 bits per heavy atom. The summed E-state index contributed by atoms with van der Waals surface area (Å²) >= 11 is 6.21. The molecule has 6 nitrogen and oxygen atoms in total. The summed E-state index contributed by atoms with van der Waals surface area (Å²) in [7, 11) is 0. The van der Waals surface area contributed by atoms with Crippen LogP contribution >= 0.6 is 11.6 Å². The molecule has 2 heterocycles. The Labute approximate surface area is 217 Å². The first-order chi connectivity index (χ1) is 17.3. The summed E-state index contributed by atoms with van der Waals surface area (Å²) in [6.45, 7) is 7.81. The van der Waals surface area contributed by atoms with E-state index < -0.39 is 11.9 Å². The van der Waals surface area contributed by atoms with E-state index in [9.17, 15) is 14.4 Å². The number of hydrogen-bond donors (Lipinski definition) is 0. The molecule has 2 amide bonds. The number of benzene rings is 2. The molecule has 0 bridgehead atoms. The number of likely N-dealkylation sites (tertiary alicyclic amines) is 1. The normalized spacial score (nSPS) is 19.0. The van der Waals surface area contributed by atoms with Gasteiger partial charge < -0.3 is 14.5 Å². The summed E-state index contributed by atoms with van der Waals surface area (Å²) in [4.78, 5) is 43.0. The fourth-order valence-corrected chi connectivity index (χ4v) is 5.26. The lowest BCUT2D eigenvalue weighted by atomic mass is 9.83. The van der Waals surface area contributed by atoms with Crippen molar-refractivity contribution in [2.24, 2.45) is 5.92 Å². The number of rotatable bonds is 6. The molecule has 4 rings (SSSR count). The standard InChI is InChI=1S/C29H33ClN2O4/c1-4-36-29(35)27-20(3)32(26(33)17-25(27)22-8-6-10-24(30)16-22)18-21-7-5-9-23(15-21)28(34)31-13-11-19(2)12-14-31/h5-10,15-16,19,25H,4,11-14,17-18H2,1-3H3. The van der Waals surface area contributed by atoms with Gasteiger partial charge in [0.25, 0.3) is 5.91 Å². The summed E-state index contributed by atoms with van der Waals surface area (Å²) in [5.74, 6) is -0.285. The van der Waals surface area contributed by atoms with Crippen LogP contribution in [0.2, 0.25) is 5.02 Å². The first-order valence-corrected chi connectivity index (χ1v) is 13.0. The van der Waals surface area contributed by atoms with E-state index in [1.807, 2.05) is 41.3 Å². The zero-order valence-corrected chi connectivity index (χ0v) is 21.9. The van der Waals surface area contributed by atoms with Crippen LogP contribution in [0, 0.1) is 5.92 Å². The van der Waals surface area contributed by atoms with Gasteiger partial charge in [0.15, 0.2) is 0 Å². The van der Waals surface area contributed by atoms with Crippen LogP contribution in [0.5, 0.6) is 0 Å². The quantitative estimate of drug-likeness (QED) is 0.479. The molecule has 1 saturated heterocycles. The second-order valence-corrected chi connectivity index (χ2v) is 10.1. The fraction of sp³-hybridized carbons (Fsp3) is 0.414. The Kier molecular flexibility index (Phi) is 8.14. The highest BCUT2D eigenvalue weighted by atomic mass is 35.5. The number of hydrogen-bond acceptors (Lipinski definition) is 4. The van der Waals surface area contributed by atoms with Crippen molar-refractivity contribution in [3.8, 4) is 0 Å². The van der Waals surface area contributed by atoms with Crippen LogP contribution in [0.3, 0.4) is 0 Å². The van der Waals surface area contributed by atoms with Crippen molar-refractivity contribution in [3.63, 3.8) is 0 Å². The number of piperidine rings is 1. The molecule has 0 radical (unpaired) electrons. The smallest absolute Gasteiger partial charge is 0.336 e. The Morgan fingerprint density at radius 2 is 1.81 bits per heavy atom. The Hall–Kier alpha value is -3.12. The minimum Gasteiger partial charge on any atom is -0.463 e. The van der Waals surface area contributed by atoms with Crippen LogP contribution < -0.4 is 0 Å². The van der Waals surface area contributed by atoms with Crippen LogP contribution in [-0.4, -0.2) is 47.3 Å². The summed E-state index contributed by atoms with van der Waals surface area (Å²) in [5.41, 5.74) is 3.30. The van der Waals surface area contributed by atoms with Crippen molar-refractivity contribution in [3.05, 3.63) is 81.5 Å². The molecule has 2 aromatic carbocycles. The fourth-order valence-electron chi connectivity index (χ4n) is 5.06. The lowest BCUT2D eigenvalue weighted by Gasteiger charge is -2.34. The molecule has 1 fully saturated rings. The van der Waals surface area contributed by atoms with E-state index in [0.717, 1.165) is 37.1 Å². The van der Waals surface area contributed by atoms with Crippen molar-refractivity contribution < 1.29 is 19.1 Å². The summed E-state index contributed by atoms with van der Waals surface area (Å²) in [6, 6.07) is 14.7. The van der Waals surface area contributed by atoms with Crippen molar-refractivity contribution in [1.29, 1.82) is 0 Å². The van der Waals surface area contributed by atoms with Gasteiger partial charge in [-0.2, -0.15) is 0 Å². The van der Waals surface area contributed by atoms with Gasteiger partial charge in [0.1, 0.15) is 0 Å². The molecule has 2 aliphatic heterocycles. The maximum atomic E-state index is 13.3. The summed E-state index contributed by atoms with van der Waals surface area (Å²) < 4.78 is 5.37. The van der Waals surface area contributed by atoms with Gasteiger partial charge in [-0.05, 0) is 68.0 Å². The van der Waals surface area contributed by atoms with E-state index >= 15 is 0 Å². The van der Waals surface area contributed by atoms with Crippen LogP contribution in [-0.2, 0) is 20.9 Å². The molecule has 190 valence electrons. The molecule has 0 aromatic heterocycles. The van der Waals surface area contributed by atoms with Crippen molar-refractivity contribution in [2.75, 3.05) is 19.7 Å². The first-order valence-electron chi connectivity index (χ1n) is 12.6. The maximum Gasteiger partial charge on any atom is 0.336 e. The predicted octanol–water partition coefficient (Wildman–Crippen LogP) is 5.57. The van der Waals surface area contributed by atoms with Gasteiger partial charge in [0, 0.05) is 41.7 Å². The minimum atomic E-state index is -0.430. The van der Waals surface area contributed by atoms with E-state index in [0.29, 0.717) is 27.8 Å². The highest BCUT2D eigenvalue weighted by Crippen LogP contribution is 2.38. The maximum absolute atomic E-state index is 13.3. The van der Waals surface area contributed by atoms with Gasteiger partial charge in [-0.25, -0.2) is 4.79 Å². The third kappa shape index (κ3) is 5.65. The topological polar surface area (TPSA) is 66.9 Å². The average Bonchev–Trinajstić information content (AvgIpc) is 2.86. The van der Waals surface area contributed by atoms with Crippen LogP contribution in [0.1, 0.15) is 67.4 Å². The molecule has 0 N–H and O–H groups in total. The SMILES string of the molecule is CCOC(=O)C1=C(C)N(Cc2cccc(C(=O)N3CCC(C)CC3)c2)C(=O)CC1c1cccc(Cl)c1. The number of esters is 1. The number of carbonyl (C=O) groups excluding carboxylic acids is 3. The second kappa shape index (κ2) is 11.3. The number of halogens is 1.